The number of hydrogen-bond acceptors (Lipinski definition) is 6. The summed E-state index contributed by atoms with van der Waals surface area (Å²) in [5.41, 5.74) is -0.949. The molecule has 3 saturated carbocycles. The molecule has 27 heavy (non-hydrogen) atoms. The van der Waals surface area contributed by atoms with Crippen LogP contribution in [0.4, 0.5) is 0 Å². The zero-order valence-corrected chi connectivity index (χ0v) is 18.0. The lowest BCUT2D eigenvalue weighted by Gasteiger charge is -2.35. The van der Waals surface area contributed by atoms with Gasteiger partial charge >= 0.3 is 0 Å². The average Bonchev–Trinajstić information content (AvgIpc) is 3.52. The van der Waals surface area contributed by atoms with E-state index in [2.05, 4.69) is 30.9 Å². The summed E-state index contributed by atoms with van der Waals surface area (Å²) in [6.45, 7) is 10.9. The lowest BCUT2D eigenvalue weighted by molar-refractivity contribution is 0.0742. The molecule has 0 bridgehead atoms. The van der Waals surface area contributed by atoms with Crippen LogP contribution in [0.1, 0.15) is 73.1 Å². The molecule has 0 saturated heterocycles. The van der Waals surface area contributed by atoms with Crippen LogP contribution >= 0.6 is 0 Å². The number of aliphatic hydroxyl groups is 2. The molecule has 1 atom stereocenters. The smallest absolute Gasteiger partial charge is 0.109 e. The van der Waals surface area contributed by atoms with Crippen LogP contribution in [-0.2, 0) is 0 Å². The molecule has 3 aliphatic rings. The third-order valence-corrected chi connectivity index (χ3v) is 5.74. The number of nitriles is 2. The molecule has 2 N–H and O–H groups in total. The minimum Gasteiger partial charge on any atom is -0.395 e. The number of nitrogens with zero attached hydrogens (tertiary/aromatic N) is 4. The summed E-state index contributed by atoms with van der Waals surface area (Å²) >= 11 is 0. The van der Waals surface area contributed by atoms with Crippen molar-refractivity contribution in [1.82, 2.24) is 9.80 Å². The van der Waals surface area contributed by atoms with Gasteiger partial charge in [0.1, 0.15) is 11.1 Å². The monoisotopic (exact) mass is 378 g/mol. The topological polar surface area (TPSA) is 94.5 Å². The number of hydrogen-bond donors (Lipinski definition) is 2. The van der Waals surface area contributed by atoms with Crippen LogP contribution in [0.2, 0.25) is 0 Å². The quantitative estimate of drug-likeness (QED) is 0.707. The number of β-amino-alcohol motifs (C(OH)–C–C–N with tert-alkyl or cyclic N) is 1. The number of likely N-dealkylation sites (N-methyl/N-ethyl adjacent to an activating group) is 1. The van der Waals surface area contributed by atoms with Gasteiger partial charge in [-0.15, -0.1) is 0 Å². The van der Waals surface area contributed by atoms with Crippen LogP contribution in [0.5, 0.6) is 0 Å². The maximum Gasteiger partial charge on any atom is 0.109 e. The third kappa shape index (κ3) is 5.90. The Kier molecular flexibility index (Phi) is 8.26. The third-order valence-electron chi connectivity index (χ3n) is 5.74. The summed E-state index contributed by atoms with van der Waals surface area (Å²) < 4.78 is 0. The predicted octanol–water partition coefficient (Wildman–Crippen LogP) is 2.66. The minimum absolute atomic E-state index is 0.0853. The summed E-state index contributed by atoms with van der Waals surface area (Å²) in [7, 11) is 1.94. The Labute approximate surface area is 165 Å². The second-order valence-electron chi connectivity index (χ2n) is 8.40. The van der Waals surface area contributed by atoms with Crippen LogP contribution < -0.4 is 0 Å². The maximum absolute atomic E-state index is 9.63. The molecule has 0 spiro atoms. The standard InChI is InChI=1S/C10H18N2O.C9H14N2O.C2H6/c1-8(2)12(9(3)6-13)10(7-11)4-5-10;1-11(7-9(12)4-5-9)8(6-10)2-3-8;1-2/h8-9,13H,4-6H2,1-3H3;12H,2-5,7H2,1H3;1-2H3. The Balaban J connectivity index is 0.000000248. The van der Waals surface area contributed by atoms with Gasteiger partial charge in [0, 0.05) is 18.6 Å². The highest BCUT2D eigenvalue weighted by Crippen LogP contribution is 2.44. The first-order valence-electron chi connectivity index (χ1n) is 10.3. The van der Waals surface area contributed by atoms with Gasteiger partial charge in [0.15, 0.2) is 0 Å². The van der Waals surface area contributed by atoms with E-state index in [0.29, 0.717) is 12.6 Å². The zero-order chi connectivity index (χ0) is 20.9. The van der Waals surface area contributed by atoms with Gasteiger partial charge in [-0.2, -0.15) is 10.5 Å². The first kappa shape index (κ1) is 23.9. The van der Waals surface area contributed by atoms with Crippen LogP contribution in [0, 0.1) is 22.7 Å². The van der Waals surface area contributed by atoms with Gasteiger partial charge in [0.2, 0.25) is 0 Å². The van der Waals surface area contributed by atoms with Crippen LogP contribution in [0.15, 0.2) is 0 Å². The molecule has 0 aromatic carbocycles. The van der Waals surface area contributed by atoms with Crippen molar-refractivity contribution < 1.29 is 10.2 Å². The molecule has 3 fully saturated rings. The van der Waals surface area contributed by atoms with E-state index in [4.69, 9.17) is 15.6 Å². The molecule has 0 aliphatic heterocycles. The highest BCUT2D eigenvalue weighted by atomic mass is 16.3. The normalized spacial score (nSPS) is 23.1. The van der Waals surface area contributed by atoms with Crippen LogP contribution in [0.25, 0.3) is 0 Å². The summed E-state index contributed by atoms with van der Waals surface area (Å²) in [4.78, 5) is 4.15. The van der Waals surface area contributed by atoms with E-state index in [1.165, 1.54) is 0 Å². The zero-order valence-electron chi connectivity index (χ0n) is 18.0. The maximum atomic E-state index is 9.63. The highest BCUT2D eigenvalue weighted by Gasteiger charge is 2.52. The van der Waals surface area contributed by atoms with Gasteiger partial charge in [-0.3, -0.25) is 9.80 Å². The van der Waals surface area contributed by atoms with Crippen molar-refractivity contribution in [3.05, 3.63) is 0 Å². The largest absolute Gasteiger partial charge is 0.395 e. The molecule has 0 heterocycles. The Bertz CT molecular complexity index is 552. The molecular weight excluding hydrogens is 340 g/mol. The fraction of sp³-hybridized carbons (Fsp3) is 0.905. The van der Waals surface area contributed by atoms with E-state index in [-0.39, 0.29) is 23.7 Å². The molecular formula is C21H38N4O2. The molecule has 0 amide bonds. The molecule has 154 valence electrons. The molecule has 0 aromatic heterocycles. The van der Waals surface area contributed by atoms with Gasteiger partial charge in [-0.05, 0) is 66.3 Å². The Morgan fingerprint density at radius 3 is 1.63 bits per heavy atom. The van der Waals surface area contributed by atoms with E-state index in [0.717, 1.165) is 38.5 Å². The number of rotatable bonds is 7. The van der Waals surface area contributed by atoms with E-state index in [1.54, 1.807) is 0 Å². The lowest BCUT2D eigenvalue weighted by Crippen LogP contribution is -2.48. The van der Waals surface area contributed by atoms with E-state index < -0.39 is 5.60 Å². The summed E-state index contributed by atoms with van der Waals surface area (Å²) in [6.07, 6.45) is 5.64. The van der Waals surface area contributed by atoms with E-state index >= 15 is 0 Å². The van der Waals surface area contributed by atoms with Gasteiger partial charge < -0.3 is 10.2 Å². The molecule has 0 aromatic rings. The summed E-state index contributed by atoms with van der Waals surface area (Å²) in [6, 6.07) is 5.09. The molecule has 0 radical (unpaired) electrons. The van der Waals surface area contributed by atoms with Crippen molar-refractivity contribution >= 4 is 0 Å². The van der Waals surface area contributed by atoms with Gasteiger partial charge in [0.25, 0.3) is 0 Å². The Morgan fingerprint density at radius 2 is 1.37 bits per heavy atom. The van der Waals surface area contributed by atoms with Crippen molar-refractivity contribution in [2.75, 3.05) is 20.2 Å². The second-order valence-corrected chi connectivity index (χ2v) is 8.40. The fourth-order valence-electron chi connectivity index (χ4n) is 3.65. The van der Waals surface area contributed by atoms with Crippen molar-refractivity contribution in [2.24, 2.45) is 0 Å². The predicted molar refractivity (Wildman–Crippen MR) is 107 cm³/mol. The van der Waals surface area contributed by atoms with Crippen LogP contribution in [0.3, 0.4) is 0 Å². The second kappa shape index (κ2) is 9.34. The van der Waals surface area contributed by atoms with Gasteiger partial charge in [-0.25, -0.2) is 0 Å². The summed E-state index contributed by atoms with van der Waals surface area (Å²) in [5.74, 6) is 0. The van der Waals surface area contributed by atoms with Gasteiger partial charge in [-0.1, -0.05) is 13.8 Å². The van der Waals surface area contributed by atoms with Crippen LogP contribution in [-0.4, -0.2) is 69.0 Å². The fourth-order valence-corrected chi connectivity index (χ4v) is 3.65. The molecule has 6 nitrogen and oxygen atoms in total. The lowest BCUT2D eigenvalue weighted by atomic mass is 10.1. The SMILES string of the molecule is CC.CC(C)N(C(C)CO)C1(C#N)CC1.CN(CC1(O)CC1)C1(C#N)CC1. The van der Waals surface area contributed by atoms with Gasteiger partial charge in [0.05, 0.1) is 24.3 Å². The molecule has 1 unspecified atom stereocenters. The molecule has 3 rings (SSSR count). The molecule has 6 heteroatoms. The Morgan fingerprint density at radius 1 is 0.926 bits per heavy atom. The highest BCUT2D eigenvalue weighted by molar-refractivity contribution is 5.21. The first-order valence-corrected chi connectivity index (χ1v) is 10.3. The minimum atomic E-state index is -0.457. The number of aliphatic hydroxyl groups excluding tert-OH is 1. The summed E-state index contributed by atoms with van der Waals surface area (Å²) in [5, 5.41) is 36.6. The molecule has 3 aliphatic carbocycles. The van der Waals surface area contributed by atoms with E-state index in [9.17, 15) is 5.11 Å². The van der Waals surface area contributed by atoms with Crippen molar-refractivity contribution in [2.45, 2.75) is 102 Å². The first-order chi connectivity index (χ1) is 12.7. The Hall–Kier alpha value is -1.18. The van der Waals surface area contributed by atoms with Crippen molar-refractivity contribution in [1.29, 1.82) is 10.5 Å². The average molecular weight is 379 g/mol. The van der Waals surface area contributed by atoms with Crippen molar-refractivity contribution in [3.8, 4) is 12.1 Å². The van der Waals surface area contributed by atoms with Crippen molar-refractivity contribution in [3.63, 3.8) is 0 Å². The van der Waals surface area contributed by atoms with E-state index in [1.807, 2.05) is 32.7 Å².